The molecule has 1 heterocycles. The second-order valence-electron chi connectivity index (χ2n) is 12.8. The predicted molar refractivity (Wildman–Crippen MR) is 177 cm³/mol. The van der Waals surface area contributed by atoms with Crippen LogP contribution in [0.2, 0.25) is 0 Å². The molecule has 49 heavy (non-hydrogen) atoms. The van der Waals surface area contributed by atoms with E-state index in [1.54, 1.807) is 65.8 Å². The largest absolute Gasteiger partial charge is 0.480 e. The Morgan fingerprint density at radius 3 is 1.88 bits per heavy atom. The molecule has 0 saturated heterocycles. The first-order chi connectivity index (χ1) is 22.8. The van der Waals surface area contributed by atoms with Crippen LogP contribution in [0.25, 0.3) is 22.8 Å². The van der Waals surface area contributed by atoms with Gasteiger partial charge in [-0.25, -0.2) is 22.4 Å². The van der Waals surface area contributed by atoms with Crippen molar-refractivity contribution >= 4 is 39.6 Å². The molecular formula is C33H36FN5O9S. The maximum atomic E-state index is 15.2. The van der Waals surface area contributed by atoms with Gasteiger partial charge in [0.1, 0.15) is 23.1 Å². The molecule has 14 nitrogen and oxygen atoms in total. The molecule has 0 aliphatic carbocycles. The number of carbonyl (C=O) groups excluding carboxylic acids is 2. The molecule has 0 spiro atoms. The molecule has 4 aromatic rings. The highest BCUT2D eigenvalue weighted by Gasteiger charge is 2.27. The molecule has 1 unspecified atom stereocenters. The zero-order chi connectivity index (χ0) is 36.1. The molecule has 0 fully saturated rings. The van der Waals surface area contributed by atoms with Gasteiger partial charge in [-0.1, -0.05) is 11.2 Å². The quantitative estimate of drug-likeness (QED) is 0.147. The molecule has 4 N–H and O–H groups in total. The van der Waals surface area contributed by atoms with Crippen LogP contribution in [-0.2, 0) is 30.7 Å². The lowest BCUT2D eigenvalue weighted by Crippen LogP contribution is -2.42. The van der Waals surface area contributed by atoms with Crippen LogP contribution in [0.15, 0.2) is 76.1 Å². The fourth-order valence-corrected chi connectivity index (χ4v) is 5.43. The Morgan fingerprint density at radius 2 is 1.39 bits per heavy atom. The van der Waals surface area contributed by atoms with Gasteiger partial charge in [0.25, 0.3) is 5.89 Å². The molecule has 4 rings (SSSR count). The highest BCUT2D eigenvalue weighted by molar-refractivity contribution is 7.89. The van der Waals surface area contributed by atoms with E-state index in [2.05, 4.69) is 25.5 Å². The van der Waals surface area contributed by atoms with Gasteiger partial charge >= 0.3 is 18.2 Å². The number of nitrogens with zero attached hydrogens (tertiary/aromatic N) is 2. The Balaban J connectivity index is 1.41. The van der Waals surface area contributed by atoms with Gasteiger partial charge in [0.05, 0.1) is 10.5 Å². The van der Waals surface area contributed by atoms with Crippen molar-refractivity contribution in [1.29, 1.82) is 0 Å². The Kier molecular flexibility index (Phi) is 10.7. The monoisotopic (exact) mass is 697 g/mol. The smallest absolute Gasteiger partial charge is 0.412 e. The van der Waals surface area contributed by atoms with E-state index in [4.69, 9.17) is 14.0 Å². The van der Waals surface area contributed by atoms with E-state index in [9.17, 15) is 27.9 Å². The van der Waals surface area contributed by atoms with Crippen LogP contribution in [0.1, 0.15) is 47.1 Å². The molecule has 0 bridgehead atoms. The van der Waals surface area contributed by atoms with Crippen molar-refractivity contribution in [3.8, 4) is 22.8 Å². The number of hydrogen-bond donors (Lipinski definition) is 4. The average molecular weight is 698 g/mol. The third-order valence-corrected chi connectivity index (χ3v) is 7.81. The molecule has 2 amide bonds. The summed E-state index contributed by atoms with van der Waals surface area (Å²) in [5.74, 6) is -2.26. The predicted octanol–water partition coefficient (Wildman–Crippen LogP) is 6.21. The first-order valence-electron chi connectivity index (χ1n) is 14.9. The van der Waals surface area contributed by atoms with Crippen molar-refractivity contribution in [3.63, 3.8) is 0 Å². The maximum absolute atomic E-state index is 15.2. The lowest BCUT2D eigenvalue weighted by Gasteiger charge is -2.19. The van der Waals surface area contributed by atoms with Crippen LogP contribution in [0, 0.1) is 5.82 Å². The number of rotatable bonds is 10. The summed E-state index contributed by atoms with van der Waals surface area (Å²) in [6.07, 6.45) is -1.73. The summed E-state index contributed by atoms with van der Waals surface area (Å²) in [5, 5.41) is 18.7. The number of benzene rings is 3. The first kappa shape index (κ1) is 36.5. The van der Waals surface area contributed by atoms with Gasteiger partial charge in [-0.15, -0.1) is 0 Å². The van der Waals surface area contributed by atoms with Crippen LogP contribution in [0.4, 0.5) is 25.4 Å². The number of aromatic nitrogens is 2. The summed E-state index contributed by atoms with van der Waals surface area (Å²) < 4.78 is 59.0. The Bertz CT molecular complexity index is 1930. The number of carboxylic acid groups (broad SMARTS) is 1. The lowest BCUT2D eigenvalue weighted by atomic mass is 10.0. The number of hydrogen-bond acceptors (Lipinski definition) is 10. The van der Waals surface area contributed by atoms with Gasteiger partial charge in [-0.2, -0.15) is 9.71 Å². The van der Waals surface area contributed by atoms with Crippen molar-refractivity contribution in [2.45, 2.75) is 70.1 Å². The molecule has 3 aromatic carbocycles. The Labute approximate surface area is 282 Å². The normalized spacial score (nSPS) is 12.6. The van der Waals surface area contributed by atoms with E-state index in [0.717, 1.165) is 6.07 Å². The van der Waals surface area contributed by atoms with Crippen molar-refractivity contribution in [3.05, 3.63) is 78.1 Å². The van der Waals surface area contributed by atoms with Gasteiger partial charge in [0.2, 0.25) is 15.8 Å². The van der Waals surface area contributed by atoms with Gasteiger partial charge in [0.15, 0.2) is 0 Å². The van der Waals surface area contributed by atoms with Crippen LogP contribution in [0.5, 0.6) is 0 Å². The second kappa shape index (κ2) is 14.4. The number of carbonyl (C=O) groups is 3. The fourth-order valence-electron chi connectivity index (χ4n) is 4.24. The highest BCUT2D eigenvalue weighted by atomic mass is 32.2. The van der Waals surface area contributed by atoms with E-state index in [1.165, 1.54) is 36.4 Å². The number of amides is 2. The highest BCUT2D eigenvalue weighted by Crippen LogP contribution is 2.27. The standard InChI is InChI=1S/C33H36FN5O9S/c1-32(2,3)46-30(42)35-21-10-8-20(9-11-21)28-37-27(38-48-28)24-16-7-19(17-25(24)34)18-26(29(40)41)39-49(44,45)23-14-12-22(13-15-23)36-31(43)47-33(4,5)6/h7-17,26,39H,18H2,1-6H3,(H,35,42)(H,36,43)(H,40,41). The molecule has 1 aromatic heterocycles. The van der Waals surface area contributed by atoms with E-state index in [1.807, 2.05) is 0 Å². The lowest BCUT2D eigenvalue weighted by molar-refractivity contribution is -0.138. The number of ether oxygens (including phenoxy) is 2. The first-order valence-corrected chi connectivity index (χ1v) is 16.3. The van der Waals surface area contributed by atoms with Crippen molar-refractivity contribution in [1.82, 2.24) is 14.9 Å². The van der Waals surface area contributed by atoms with Crippen molar-refractivity contribution < 1.29 is 46.3 Å². The van der Waals surface area contributed by atoms with E-state index >= 15 is 4.39 Å². The fraction of sp³-hybridized carbons (Fsp3) is 0.303. The number of sulfonamides is 1. The van der Waals surface area contributed by atoms with E-state index in [0.29, 0.717) is 11.3 Å². The molecule has 0 saturated carbocycles. The van der Waals surface area contributed by atoms with Crippen LogP contribution in [0.3, 0.4) is 0 Å². The third-order valence-electron chi connectivity index (χ3n) is 6.32. The number of aliphatic carboxylic acids is 1. The van der Waals surface area contributed by atoms with Gasteiger partial charge < -0.3 is 19.1 Å². The molecule has 1 atom stereocenters. The van der Waals surface area contributed by atoms with Gasteiger partial charge in [-0.05, 0) is 114 Å². The summed E-state index contributed by atoms with van der Waals surface area (Å²) in [4.78, 5) is 40.0. The van der Waals surface area contributed by atoms with Crippen LogP contribution >= 0.6 is 0 Å². The summed E-state index contributed by atoms with van der Waals surface area (Å²) in [6.45, 7) is 10.3. The zero-order valence-corrected chi connectivity index (χ0v) is 28.3. The average Bonchev–Trinajstić information content (AvgIpc) is 3.45. The van der Waals surface area contributed by atoms with Crippen molar-refractivity contribution in [2.75, 3.05) is 10.6 Å². The van der Waals surface area contributed by atoms with Crippen LogP contribution in [-0.4, -0.2) is 59.1 Å². The summed E-state index contributed by atoms with van der Waals surface area (Å²) in [5.41, 5.74) is -0.0189. The topological polar surface area (TPSA) is 199 Å². The summed E-state index contributed by atoms with van der Waals surface area (Å²) >= 11 is 0. The summed E-state index contributed by atoms with van der Waals surface area (Å²) in [6, 6.07) is 13.6. The number of carboxylic acids is 1. The Hall–Kier alpha value is -5.35. The molecule has 260 valence electrons. The third kappa shape index (κ3) is 10.6. The SMILES string of the molecule is CC(C)(C)OC(=O)Nc1ccc(-c2nc(-c3ccc(CC(NS(=O)(=O)c4ccc(NC(=O)OC(C)(C)C)cc4)C(=O)O)cc3F)no2)cc1. The number of anilines is 2. The zero-order valence-electron chi connectivity index (χ0n) is 27.5. The second-order valence-corrected chi connectivity index (χ2v) is 14.5. The molecule has 0 aliphatic rings. The molecule has 0 aliphatic heterocycles. The minimum Gasteiger partial charge on any atom is -0.480 e. The molecular weight excluding hydrogens is 661 g/mol. The molecule has 16 heteroatoms. The van der Waals surface area contributed by atoms with E-state index < -0.39 is 51.2 Å². The minimum absolute atomic E-state index is 0.0329. The Morgan fingerprint density at radius 1 is 0.857 bits per heavy atom. The molecule has 0 radical (unpaired) electrons. The number of nitrogens with one attached hydrogen (secondary N) is 3. The number of halogens is 1. The van der Waals surface area contributed by atoms with Crippen molar-refractivity contribution in [2.24, 2.45) is 0 Å². The van der Waals surface area contributed by atoms with E-state index in [-0.39, 0.29) is 39.8 Å². The van der Waals surface area contributed by atoms with Crippen LogP contribution < -0.4 is 15.4 Å². The maximum Gasteiger partial charge on any atom is 0.412 e. The van der Waals surface area contributed by atoms with Gasteiger partial charge in [-0.3, -0.25) is 15.4 Å². The minimum atomic E-state index is -4.33. The summed E-state index contributed by atoms with van der Waals surface area (Å²) in [7, 11) is -4.33. The van der Waals surface area contributed by atoms with Gasteiger partial charge in [0, 0.05) is 16.9 Å².